The van der Waals surface area contributed by atoms with Crippen molar-refractivity contribution in [3.63, 3.8) is 0 Å². The van der Waals surface area contributed by atoms with Crippen molar-refractivity contribution in [1.29, 1.82) is 0 Å². The van der Waals surface area contributed by atoms with Gasteiger partial charge in [0.2, 0.25) is 6.79 Å². The van der Waals surface area contributed by atoms with Crippen molar-refractivity contribution in [2.75, 3.05) is 13.8 Å². The highest BCUT2D eigenvalue weighted by atomic mass is 16.7. The molecular formula is C20H23NO3. The number of nitrogens with zero attached hydrogens (tertiary/aromatic N) is 1. The molecule has 0 spiro atoms. The van der Waals surface area contributed by atoms with Crippen LogP contribution in [0.5, 0.6) is 11.5 Å². The van der Waals surface area contributed by atoms with Gasteiger partial charge in [-0.05, 0) is 40.8 Å². The molecule has 2 aromatic rings. The Kier molecular flexibility index (Phi) is 4.22. The smallest absolute Gasteiger partial charge is 0.253 e. The number of fused-ring (bicyclic) bond motifs is 1. The van der Waals surface area contributed by atoms with Gasteiger partial charge < -0.3 is 14.4 Å². The fourth-order valence-electron chi connectivity index (χ4n) is 2.72. The van der Waals surface area contributed by atoms with Crippen LogP contribution in [0, 0.1) is 0 Å². The summed E-state index contributed by atoms with van der Waals surface area (Å²) in [7, 11) is 1.81. The van der Waals surface area contributed by atoms with E-state index >= 15 is 0 Å². The Bertz CT molecular complexity index is 744. The molecule has 0 N–H and O–H groups in total. The number of carbonyl (C=O) groups is 1. The topological polar surface area (TPSA) is 38.8 Å². The fraction of sp³-hybridized carbons (Fsp3) is 0.350. The third-order valence-electron chi connectivity index (χ3n) is 4.20. The molecule has 0 fully saturated rings. The van der Waals surface area contributed by atoms with Crippen molar-refractivity contribution < 1.29 is 14.3 Å². The zero-order valence-corrected chi connectivity index (χ0v) is 14.6. The van der Waals surface area contributed by atoms with Crippen LogP contribution >= 0.6 is 0 Å². The molecule has 3 rings (SSSR count). The van der Waals surface area contributed by atoms with E-state index in [1.54, 1.807) is 4.90 Å². The molecule has 0 aliphatic carbocycles. The van der Waals surface area contributed by atoms with Gasteiger partial charge in [0.1, 0.15) is 0 Å². The van der Waals surface area contributed by atoms with Gasteiger partial charge in [-0.1, -0.05) is 39.0 Å². The Morgan fingerprint density at radius 3 is 2.38 bits per heavy atom. The maximum absolute atomic E-state index is 12.6. The predicted octanol–water partition coefficient (Wildman–Crippen LogP) is 3.99. The van der Waals surface area contributed by atoms with E-state index in [4.69, 9.17) is 9.47 Å². The van der Waals surface area contributed by atoms with Crippen LogP contribution in [0.3, 0.4) is 0 Å². The van der Waals surface area contributed by atoms with Gasteiger partial charge in [0.05, 0.1) is 0 Å². The molecule has 0 saturated carbocycles. The number of hydrogen-bond donors (Lipinski definition) is 0. The number of carbonyl (C=O) groups excluding carboxylic acids is 1. The Morgan fingerprint density at radius 2 is 1.71 bits per heavy atom. The van der Waals surface area contributed by atoms with Gasteiger partial charge in [-0.25, -0.2) is 0 Å². The predicted molar refractivity (Wildman–Crippen MR) is 93.5 cm³/mol. The van der Waals surface area contributed by atoms with Crippen molar-refractivity contribution in [3.05, 3.63) is 59.2 Å². The maximum Gasteiger partial charge on any atom is 0.253 e. The third kappa shape index (κ3) is 3.37. The second-order valence-electron chi connectivity index (χ2n) is 7.18. The Balaban J connectivity index is 1.70. The highest BCUT2D eigenvalue weighted by Gasteiger charge is 2.18. The van der Waals surface area contributed by atoms with E-state index in [0.717, 1.165) is 17.1 Å². The fourth-order valence-corrected chi connectivity index (χ4v) is 2.72. The molecule has 1 amide bonds. The molecule has 0 radical (unpaired) electrons. The standard InChI is InChI=1S/C20H23NO3/c1-20(2,3)16-8-6-15(7-9-16)19(22)21(4)12-14-5-10-17-18(11-14)24-13-23-17/h5-11H,12-13H2,1-4H3. The van der Waals surface area contributed by atoms with Crippen LogP contribution in [0.1, 0.15) is 42.3 Å². The second kappa shape index (κ2) is 6.19. The molecule has 4 nitrogen and oxygen atoms in total. The van der Waals surface area contributed by atoms with Crippen molar-refractivity contribution in [3.8, 4) is 11.5 Å². The van der Waals surface area contributed by atoms with Gasteiger partial charge in [-0.3, -0.25) is 4.79 Å². The highest BCUT2D eigenvalue weighted by Crippen LogP contribution is 2.32. The average molecular weight is 325 g/mol. The summed E-state index contributed by atoms with van der Waals surface area (Å²) in [6.45, 7) is 7.27. The van der Waals surface area contributed by atoms with E-state index < -0.39 is 0 Å². The first kappa shape index (κ1) is 16.4. The summed E-state index contributed by atoms with van der Waals surface area (Å²) in [4.78, 5) is 14.3. The normalized spacial score (nSPS) is 13.0. The molecule has 0 bridgehead atoms. The first-order valence-electron chi connectivity index (χ1n) is 8.09. The molecule has 24 heavy (non-hydrogen) atoms. The number of benzene rings is 2. The highest BCUT2D eigenvalue weighted by molar-refractivity contribution is 5.94. The molecule has 0 aromatic heterocycles. The zero-order valence-electron chi connectivity index (χ0n) is 14.6. The average Bonchev–Trinajstić information content (AvgIpc) is 3.01. The van der Waals surface area contributed by atoms with Crippen LogP contribution in [0.4, 0.5) is 0 Å². The number of ether oxygens (including phenoxy) is 2. The van der Waals surface area contributed by atoms with Crippen molar-refractivity contribution >= 4 is 5.91 Å². The number of rotatable bonds is 3. The lowest BCUT2D eigenvalue weighted by Crippen LogP contribution is -2.26. The quantitative estimate of drug-likeness (QED) is 0.856. The summed E-state index contributed by atoms with van der Waals surface area (Å²) in [5, 5.41) is 0. The Hall–Kier alpha value is -2.49. The molecule has 126 valence electrons. The minimum absolute atomic E-state index is 0.00752. The minimum atomic E-state index is 0.00752. The second-order valence-corrected chi connectivity index (χ2v) is 7.18. The van der Waals surface area contributed by atoms with Crippen molar-refractivity contribution in [2.45, 2.75) is 32.7 Å². The lowest BCUT2D eigenvalue weighted by molar-refractivity contribution is 0.0785. The number of hydrogen-bond acceptors (Lipinski definition) is 3. The molecule has 1 aliphatic rings. The first-order chi connectivity index (χ1) is 11.3. The Labute approximate surface area is 143 Å². The van der Waals surface area contributed by atoms with Crippen LogP contribution in [-0.4, -0.2) is 24.6 Å². The van der Waals surface area contributed by atoms with E-state index in [2.05, 4.69) is 20.8 Å². The van der Waals surface area contributed by atoms with Gasteiger partial charge in [0, 0.05) is 19.2 Å². The number of amides is 1. The molecule has 1 heterocycles. The lowest BCUT2D eigenvalue weighted by Gasteiger charge is -2.21. The van der Waals surface area contributed by atoms with E-state index in [0.29, 0.717) is 12.1 Å². The monoisotopic (exact) mass is 325 g/mol. The van der Waals surface area contributed by atoms with Gasteiger partial charge in [0.15, 0.2) is 11.5 Å². The first-order valence-corrected chi connectivity index (χ1v) is 8.09. The molecule has 0 saturated heterocycles. The summed E-state index contributed by atoms with van der Waals surface area (Å²) in [6.07, 6.45) is 0. The molecule has 4 heteroatoms. The lowest BCUT2D eigenvalue weighted by atomic mass is 9.86. The van der Waals surface area contributed by atoms with Gasteiger partial charge >= 0.3 is 0 Å². The molecule has 0 unspecified atom stereocenters. The summed E-state index contributed by atoms with van der Waals surface area (Å²) in [6, 6.07) is 13.6. The summed E-state index contributed by atoms with van der Waals surface area (Å²) < 4.78 is 10.7. The summed E-state index contributed by atoms with van der Waals surface area (Å²) >= 11 is 0. The van der Waals surface area contributed by atoms with Crippen LogP contribution < -0.4 is 9.47 Å². The van der Waals surface area contributed by atoms with Crippen molar-refractivity contribution in [1.82, 2.24) is 4.90 Å². The van der Waals surface area contributed by atoms with Crippen LogP contribution in [0.25, 0.3) is 0 Å². The van der Waals surface area contributed by atoms with Crippen molar-refractivity contribution in [2.24, 2.45) is 0 Å². The van der Waals surface area contributed by atoms with E-state index in [1.807, 2.05) is 49.5 Å². The third-order valence-corrected chi connectivity index (χ3v) is 4.20. The molecule has 1 aliphatic heterocycles. The molecule has 2 aromatic carbocycles. The maximum atomic E-state index is 12.6. The molecule has 0 atom stereocenters. The SMILES string of the molecule is CN(Cc1ccc2c(c1)OCO2)C(=O)c1ccc(C(C)(C)C)cc1. The van der Waals surface area contributed by atoms with Crippen LogP contribution in [0.2, 0.25) is 0 Å². The van der Waals surface area contributed by atoms with E-state index in [1.165, 1.54) is 5.56 Å². The van der Waals surface area contributed by atoms with Gasteiger partial charge in [0.25, 0.3) is 5.91 Å². The van der Waals surface area contributed by atoms with E-state index in [-0.39, 0.29) is 18.1 Å². The summed E-state index contributed by atoms with van der Waals surface area (Å²) in [5.41, 5.74) is 3.02. The van der Waals surface area contributed by atoms with Gasteiger partial charge in [-0.15, -0.1) is 0 Å². The van der Waals surface area contributed by atoms with Crippen LogP contribution in [-0.2, 0) is 12.0 Å². The zero-order chi connectivity index (χ0) is 17.3. The van der Waals surface area contributed by atoms with Crippen LogP contribution in [0.15, 0.2) is 42.5 Å². The summed E-state index contributed by atoms with van der Waals surface area (Å²) in [5.74, 6) is 1.50. The Morgan fingerprint density at radius 1 is 1.04 bits per heavy atom. The largest absolute Gasteiger partial charge is 0.454 e. The molecular weight excluding hydrogens is 302 g/mol. The minimum Gasteiger partial charge on any atom is -0.454 e. The van der Waals surface area contributed by atoms with E-state index in [9.17, 15) is 4.79 Å². The van der Waals surface area contributed by atoms with Gasteiger partial charge in [-0.2, -0.15) is 0 Å².